The summed E-state index contributed by atoms with van der Waals surface area (Å²) in [5.74, 6) is 1.47. The maximum Gasteiger partial charge on any atom is 0.230 e. The van der Waals surface area contributed by atoms with E-state index in [1.165, 1.54) is 0 Å². The molecule has 3 N–H and O–H groups in total. The second-order valence-corrected chi connectivity index (χ2v) is 7.47. The number of hydrogen-bond acceptors (Lipinski definition) is 4. The second kappa shape index (κ2) is 10.2. The third-order valence-corrected chi connectivity index (χ3v) is 5.10. The normalized spacial score (nSPS) is 15.9. The summed E-state index contributed by atoms with van der Waals surface area (Å²) in [4.78, 5) is 19.1. The molecule has 0 atom stereocenters. The summed E-state index contributed by atoms with van der Waals surface area (Å²) in [7, 11) is 3.64. The third kappa shape index (κ3) is 5.53. The standard InChI is InChI=1S/C21H34N4O3/c1-5-22-20(23-14-16-9-10-17(26)18(13-16)28-6-2)24-15-21(11-7-8-12-21)19(27)25(3)4/h9-10,13,26H,5-8,11-12,14-15H2,1-4H3,(H2,22,23,24). The van der Waals surface area contributed by atoms with E-state index in [-0.39, 0.29) is 17.1 Å². The van der Waals surface area contributed by atoms with Gasteiger partial charge in [-0.1, -0.05) is 18.9 Å². The van der Waals surface area contributed by atoms with Gasteiger partial charge in [0.15, 0.2) is 17.5 Å². The molecule has 0 saturated heterocycles. The topological polar surface area (TPSA) is 86.2 Å². The summed E-state index contributed by atoms with van der Waals surface area (Å²) in [6, 6.07) is 5.26. The Bertz CT molecular complexity index is 682. The molecule has 28 heavy (non-hydrogen) atoms. The van der Waals surface area contributed by atoms with Gasteiger partial charge in [-0.15, -0.1) is 0 Å². The summed E-state index contributed by atoms with van der Waals surface area (Å²) in [5, 5.41) is 16.5. The molecule has 0 aliphatic heterocycles. The number of carbonyl (C=O) groups excluding carboxylic acids is 1. The van der Waals surface area contributed by atoms with E-state index in [2.05, 4.69) is 15.6 Å². The molecule has 1 fully saturated rings. The van der Waals surface area contributed by atoms with Gasteiger partial charge in [0.2, 0.25) is 5.91 Å². The van der Waals surface area contributed by atoms with E-state index in [1.807, 2.05) is 34.0 Å². The molecule has 1 aliphatic carbocycles. The van der Waals surface area contributed by atoms with Crippen LogP contribution < -0.4 is 15.4 Å². The Morgan fingerprint density at radius 1 is 1.25 bits per heavy atom. The van der Waals surface area contributed by atoms with Gasteiger partial charge >= 0.3 is 0 Å². The highest BCUT2D eigenvalue weighted by atomic mass is 16.5. The highest BCUT2D eigenvalue weighted by Crippen LogP contribution is 2.38. The molecule has 0 spiro atoms. The number of amides is 1. The Hall–Kier alpha value is -2.44. The Labute approximate surface area is 168 Å². The monoisotopic (exact) mass is 390 g/mol. The van der Waals surface area contributed by atoms with Crippen molar-refractivity contribution in [3.63, 3.8) is 0 Å². The number of guanidine groups is 1. The van der Waals surface area contributed by atoms with E-state index in [0.717, 1.165) is 37.8 Å². The Morgan fingerprint density at radius 3 is 2.57 bits per heavy atom. The summed E-state index contributed by atoms with van der Waals surface area (Å²) in [6.45, 7) is 6.15. The molecule has 156 valence electrons. The predicted octanol–water partition coefficient (Wildman–Crippen LogP) is 2.49. The number of phenols is 1. The lowest BCUT2D eigenvalue weighted by molar-refractivity contribution is -0.138. The highest BCUT2D eigenvalue weighted by molar-refractivity contribution is 5.85. The minimum Gasteiger partial charge on any atom is -0.504 e. The van der Waals surface area contributed by atoms with Gasteiger partial charge in [0, 0.05) is 27.2 Å². The van der Waals surface area contributed by atoms with E-state index in [1.54, 1.807) is 17.0 Å². The van der Waals surface area contributed by atoms with Crippen LogP contribution in [0.3, 0.4) is 0 Å². The van der Waals surface area contributed by atoms with Crippen LogP contribution in [0.15, 0.2) is 23.2 Å². The van der Waals surface area contributed by atoms with Gasteiger partial charge in [-0.2, -0.15) is 0 Å². The van der Waals surface area contributed by atoms with Gasteiger partial charge in [0.25, 0.3) is 0 Å². The first-order valence-corrected chi connectivity index (χ1v) is 10.1. The van der Waals surface area contributed by atoms with Crippen molar-refractivity contribution in [2.24, 2.45) is 10.4 Å². The average Bonchev–Trinajstić information content (AvgIpc) is 3.16. The van der Waals surface area contributed by atoms with Gasteiger partial charge in [-0.25, -0.2) is 4.99 Å². The van der Waals surface area contributed by atoms with Gasteiger partial charge in [-0.05, 0) is 44.4 Å². The highest BCUT2D eigenvalue weighted by Gasteiger charge is 2.42. The van der Waals surface area contributed by atoms with Crippen molar-refractivity contribution in [3.05, 3.63) is 23.8 Å². The van der Waals surface area contributed by atoms with Gasteiger partial charge in [0.05, 0.1) is 18.6 Å². The maximum absolute atomic E-state index is 12.7. The van der Waals surface area contributed by atoms with Crippen molar-refractivity contribution < 1.29 is 14.6 Å². The number of phenolic OH excluding ortho intramolecular Hbond substituents is 1. The van der Waals surface area contributed by atoms with E-state index in [0.29, 0.717) is 31.4 Å². The fraction of sp³-hybridized carbons (Fsp3) is 0.619. The number of rotatable bonds is 8. The number of ether oxygens (including phenoxy) is 1. The minimum absolute atomic E-state index is 0.130. The molecule has 0 bridgehead atoms. The molecule has 0 unspecified atom stereocenters. The first-order valence-electron chi connectivity index (χ1n) is 10.1. The Kier molecular flexibility index (Phi) is 7.96. The number of hydrogen-bond donors (Lipinski definition) is 3. The molecular formula is C21H34N4O3. The van der Waals surface area contributed by atoms with Crippen LogP contribution in [-0.4, -0.2) is 55.7 Å². The lowest BCUT2D eigenvalue weighted by Gasteiger charge is -2.31. The average molecular weight is 391 g/mol. The van der Waals surface area contributed by atoms with E-state index in [4.69, 9.17) is 4.74 Å². The van der Waals surface area contributed by atoms with E-state index in [9.17, 15) is 9.90 Å². The molecule has 0 aromatic heterocycles. The molecule has 2 rings (SSSR count). The van der Waals surface area contributed by atoms with Crippen molar-refractivity contribution in [2.75, 3.05) is 33.8 Å². The van der Waals surface area contributed by atoms with Crippen LogP contribution in [0, 0.1) is 5.41 Å². The van der Waals surface area contributed by atoms with E-state index >= 15 is 0 Å². The van der Waals surface area contributed by atoms with Gasteiger partial charge in [-0.3, -0.25) is 4.79 Å². The molecule has 1 amide bonds. The second-order valence-electron chi connectivity index (χ2n) is 7.47. The Balaban J connectivity index is 2.08. The zero-order valence-corrected chi connectivity index (χ0v) is 17.5. The first kappa shape index (κ1) is 21.9. The van der Waals surface area contributed by atoms with Crippen LogP contribution in [0.5, 0.6) is 11.5 Å². The third-order valence-electron chi connectivity index (χ3n) is 5.10. The van der Waals surface area contributed by atoms with Crippen molar-refractivity contribution in [1.82, 2.24) is 15.5 Å². The van der Waals surface area contributed by atoms with Crippen LogP contribution in [0.2, 0.25) is 0 Å². The van der Waals surface area contributed by atoms with Crippen LogP contribution in [0.4, 0.5) is 0 Å². The molecule has 7 nitrogen and oxygen atoms in total. The number of aromatic hydroxyl groups is 1. The van der Waals surface area contributed by atoms with Crippen LogP contribution in [-0.2, 0) is 11.3 Å². The lowest BCUT2D eigenvalue weighted by Crippen LogP contribution is -2.49. The molecule has 1 aliphatic rings. The first-order chi connectivity index (χ1) is 13.4. The van der Waals surface area contributed by atoms with Crippen LogP contribution in [0.1, 0.15) is 45.1 Å². The van der Waals surface area contributed by atoms with Crippen molar-refractivity contribution in [1.29, 1.82) is 0 Å². The number of aliphatic imine (C=N–C) groups is 1. The largest absolute Gasteiger partial charge is 0.504 e. The summed E-state index contributed by atoms with van der Waals surface area (Å²) >= 11 is 0. The van der Waals surface area contributed by atoms with Crippen LogP contribution >= 0.6 is 0 Å². The quantitative estimate of drug-likeness (QED) is 0.469. The number of nitrogens with zero attached hydrogens (tertiary/aromatic N) is 2. The number of benzene rings is 1. The summed E-state index contributed by atoms with van der Waals surface area (Å²) in [6.07, 6.45) is 3.99. The van der Waals surface area contributed by atoms with Crippen molar-refractivity contribution >= 4 is 11.9 Å². The fourth-order valence-corrected chi connectivity index (χ4v) is 3.69. The zero-order valence-electron chi connectivity index (χ0n) is 17.5. The van der Waals surface area contributed by atoms with E-state index < -0.39 is 0 Å². The van der Waals surface area contributed by atoms with Crippen molar-refractivity contribution in [2.45, 2.75) is 46.1 Å². The molecule has 0 heterocycles. The lowest BCUT2D eigenvalue weighted by atomic mass is 9.84. The molecule has 1 saturated carbocycles. The number of carbonyl (C=O) groups is 1. The summed E-state index contributed by atoms with van der Waals surface area (Å²) < 4.78 is 5.44. The molecule has 7 heteroatoms. The SMILES string of the molecule is CCNC(=NCc1ccc(O)c(OCC)c1)NCC1(C(=O)N(C)C)CCCC1. The predicted molar refractivity (Wildman–Crippen MR) is 112 cm³/mol. The van der Waals surface area contributed by atoms with Crippen molar-refractivity contribution in [3.8, 4) is 11.5 Å². The molecular weight excluding hydrogens is 356 g/mol. The van der Waals surface area contributed by atoms with Crippen LogP contribution in [0.25, 0.3) is 0 Å². The molecule has 1 aromatic carbocycles. The number of nitrogens with one attached hydrogen (secondary N) is 2. The Morgan fingerprint density at radius 2 is 1.96 bits per heavy atom. The summed E-state index contributed by atoms with van der Waals surface area (Å²) in [5.41, 5.74) is 0.596. The molecule has 1 aromatic rings. The fourth-order valence-electron chi connectivity index (χ4n) is 3.69. The van der Waals surface area contributed by atoms with Gasteiger partial charge in [0.1, 0.15) is 0 Å². The smallest absolute Gasteiger partial charge is 0.230 e. The minimum atomic E-state index is -0.347. The zero-order chi connectivity index (χ0) is 20.6. The molecule has 0 radical (unpaired) electrons. The maximum atomic E-state index is 12.7. The van der Waals surface area contributed by atoms with Gasteiger partial charge < -0.3 is 25.4 Å².